The van der Waals surface area contributed by atoms with Crippen molar-refractivity contribution in [2.24, 2.45) is 23.3 Å². The molecule has 4 N–H and O–H groups in total. The molecule has 1 aliphatic rings. The van der Waals surface area contributed by atoms with Gasteiger partial charge in [-0.05, 0) is 49.7 Å². The second-order valence-electron chi connectivity index (χ2n) is 7.97. The van der Waals surface area contributed by atoms with E-state index < -0.39 is 23.7 Å². The zero-order valence-corrected chi connectivity index (χ0v) is 17.5. The van der Waals surface area contributed by atoms with E-state index in [0.29, 0.717) is 26.1 Å². The second-order valence-corrected chi connectivity index (χ2v) is 7.97. The number of ether oxygens (including phenoxy) is 1. The Morgan fingerprint density at radius 1 is 1.06 bits per heavy atom. The maximum absolute atomic E-state index is 11.8. The number of benzene rings is 2. The molecule has 4 rings (SSSR count). The number of nitrogens with zero attached hydrogens (tertiary/aromatic N) is 2. The number of carbonyl (C=O) groups is 2. The van der Waals surface area contributed by atoms with Crippen molar-refractivity contribution in [2.75, 3.05) is 18.0 Å². The van der Waals surface area contributed by atoms with E-state index in [9.17, 15) is 9.59 Å². The minimum absolute atomic E-state index is 0.380. The van der Waals surface area contributed by atoms with Crippen LogP contribution in [-0.2, 0) is 16.2 Å². The van der Waals surface area contributed by atoms with Gasteiger partial charge in [0.1, 0.15) is 12.4 Å². The number of nitrogens with two attached hydrogens (primary N) is 2. The minimum atomic E-state index is -0.578. The van der Waals surface area contributed by atoms with Gasteiger partial charge >= 0.3 is 0 Å². The van der Waals surface area contributed by atoms with Gasteiger partial charge in [0.15, 0.2) is 0 Å². The summed E-state index contributed by atoms with van der Waals surface area (Å²) in [6.45, 7) is 3.44. The molecule has 0 aliphatic carbocycles. The third-order valence-corrected chi connectivity index (χ3v) is 5.87. The lowest BCUT2D eigenvalue weighted by Gasteiger charge is -2.37. The smallest absolute Gasteiger partial charge is 0.223 e. The van der Waals surface area contributed by atoms with Gasteiger partial charge in [-0.2, -0.15) is 0 Å². The third-order valence-electron chi connectivity index (χ3n) is 5.87. The zero-order valence-electron chi connectivity index (χ0n) is 17.5. The van der Waals surface area contributed by atoms with Crippen molar-refractivity contribution in [3.05, 3.63) is 65.9 Å². The molecule has 160 valence electrons. The average Bonchev–Trinajstić information content (AvgIpc) is 2.77. The molecule has 2 aromatic carbocycles. The van der Waals surface area contributed by atoms with Gasteiger partial charge in [-0.25, -0.2) is 0 Å². The Kier molecular flexibility index (Phi) is 5.75. The average molecular weight is 418 g/mol. The Morgan fingerprint density at radius 2 is 1.77 bits per heavy atom. The van der Waals surface area contributed by atoms with Gasteiger partial charge in [-0.15, -0.1) is 0 Å². The predicted octanol–water partition coefficient (Wildman–Crippen LogP) is 2.54. The van der Waals surface area contributed by atoms with Crippen LogP contribution in [0.3, 0.4) is 0 Å². The molecule has 3 aromatic rings. The molecule has 2 amide bonds. The van der Waals surface area contributed by atoms with Crippen LogP contribution in [0.2, 0.25) is 0 Å². The fourth-order valence-corrected chi connectivity index (χ4v) is 4.24. The van der Waals surface area contributed by atoms with Gasteiger partial charge in [0.25, 0.3) is 0 Å². The summed E-state index contributed by atoms with van der Waals surface area (Å²) in [6.07, 6.45) is 0.510. The van der Waals surface area contributed by atoms with E-state index in [2.05, 4.69) is 16.0 Å². The number of aromatic nitrogens is 1. The quantitative estimate of drug-likeness (QED) is 0.639. The maximum atomic E-state index is 11.8. The monoisotopic (exact) mass is 418 g/mol. The molecule has 2 atom stereocenters. The molecule has 0 bridgehead atoms. The molecule has 2 heterocycles. The zero-order chi connectivity index (χ0) is 22.0. The lowest BCUT2D eigenvalue weighted by molar-refractivity contribution is -0.131. The van der Waals surface area contributed by atoms with Gasteiger partial charge in [-0.1, -0.05) is 18.2 Å². The van der Waals surface area contributed by atoms with E-state index in [1.54, 1.807) is 0 Å². The van der Waals surface area contributed by atoms with E-state index >= 15 is 0 Å². The summed E-state index contributed by atoms with van der Waals surface area (Å²) in [7, 11) is 0. The number of fused-ring (bicyclic) bond motifs is 1. The van der Waals surface area contributed by atoms with Gasteiger partial charge in [0, 0.05) is 35.4 Å². The van der Waals surface area contributed by atoms with Crippen molar-refractivity contribution in [1.82, 2.24) is 4.98 Å². The molecule has 0 saturated carbocycles. The first-order valence-electron chi connectivity index (χ1n) is 10.3. The summed E-state index contributed by atoms with van der Waals surface area (Å²) in [4.78, 5) is 30.0. The van der Waals surface area contributed by atoms with Crippen molar-refractivity contribution >= 4 is 28.4 Å². The number of hydrogen-bond acceptors (Lipinski definition) is 5. The van der Waals surface area contributed by atoms with Gasteiger partial charge in [0.05, 0.1) is 17.4 Å². The van der Waals surface area contributed by atoms with Crippen LogP contribution in [0, 0.1) is 18.8 Å². The standard InChI is InChI=1S/C24H26N4O3/c1-15-12-16(19-4-2-3-5-22(19)27-15)14-31-18-8-6-17(7-9-18)28-11-10-20(23(25)29)21(13-28)24(26)30/h2-9,12,20-21H,10-11,13-14H2,1H3,(H2,25,29)(H2,26,30). The Balaban J connectivity index is 1.45. The normalized spacial score (nSPS) is 18.7. The largest absolute Gasteiger partial charge is 0.489 e. The van der Waals surface area contributed by atoms with Gasteiger partial charge in [0.2, 0.25) is 11.8 Å². The highest BCUT2D eigenvalue weighted by Gasteiger charge is 2.36. The van der Waals surface area contributed by atoms with E-state index in [1.807, 2.05) is 55.5 Å². The number of anilines is 1. The number of rotatable bonds is 6. The van der Waals surface area contributed by atoms with Crippen LogP contribution in [0.1, 0.15) is 17.7 Å². The number of para-hydroxylation sites is 1. The van der Waals surface area contributed by atoms with Crippen LogP contribution in [0.25, 0.3) is 10.9 Å². The summed E-state index contributed by atoms with van der Waals surface area (Å²) >= 11 is 0. The topological polar surface area (TPSA) is 112 Å². The minimum Gasteiger partial charge on any atom is -0.489 e. The van der Waals surface area contributed by atoms with E-state index in [1.165, 1.54) is 0 Å². The maximum Gasteiger partial charge on any atom is 0.223 e. The Morgan fingerprint density at radius 3 is 2.48 bits per heavy atom. The first-order valence-corrected chi connectivity index (χ1v) is 10.3. The number of piperidine rings is 1. The van der Waals surface area contributed by atoms with Crippen LogP contribution < -0.4 is 21.1 Å². The molecule has 1 saturated heterocycles. The molecule has 31 heavy (non-hydrogen) atoms. The number of pyridine rings is 1. The molecule has 1 fully saturated rings. The predicted molar refractivity (Wildman–Crippen MR) is 119 cm³/mol. The summed E-state index contributed by atoms with van der Waals surface area (Å²) in [5.41, 5.74) is 14.9. The summed E-state index contributed by atoms with van der Waals surface area (Å²) in [5, 5.41) is 1.08. The first kappa shape index (κ1) is 20.7. The van der Waals surface area contributed by atoms with Crippen molar-refractivity contribution in [1.29, 1.82) is 0 Å². The van der Waals surface area contributed by atoms with E-state index in [0.717, 1.165) is 33.6 Å². The number of amides is 2. The molecular weight excluding hydrogens is 392 g/mol. The molecule has 7 nitrogen and oxygen atoms in total. The van der Waals surface area contributed by atoms with Crippen molar-refractivity contribution in [2.45, 2.75) is 20.0 Å². The van der Waals surface area contributed by atoms with Crippen LogP contribution >= 0.6 is 0 Å². The Bertz CT molecular complexity index is 1110. The lowest BCUT2D eigenvalue weighted by Crippen LogP contribution is -2.50. The van der Waals surface area contributed by atoms with Crippen LogP contribution in [-0.4, -0.2) is 29.9 Å². The number of hydrogen-bond donors (Lipinski definition) is 2. The fraction of sp³-hybridized carbons (Fsp3) is 0.292. The fourth-order valence-electron chi connectivity index (χ4n) is 4.24. The van der Waals surface area contributed by atoms with E-state index in [4.69, 9.17) is 16.2 Å². The van der Waals surface area contributed by atoms with Gasteiger partial charge < -0.3 is 21.1 Å². The molecule has 1 aliphatic heterocycles. The number of aryl methyl sites for hydroxylation is 1. The Labute approximate surface area is 181 Å². The first-order chi connectivity index (χ1) is 14.9. The highest BCUT2D eigenvalue weighted by molar-refractivity contribution is 5.87. The highest BCUT2D eigenvalue weighted by atomic mass is 16.5. The molecule has 2 unspecified atom stereocenters. The van der Waals surface area contributed by atoms with Crippen molar-refractivity contribution < 1.29 is 14.3 Å². The molecular formula is C24H26N4O3. The second kappa shape index (κ2) is 8.63. The summed E-state index contributed by atoms with van der Waals surface area (Å²) in [5.74, 6) is -1.29. The third kappa shape index (κ3) is 4.45. The molecule has 7 heteroatoms. The van der Waals surface area contributed by atoms with Gasteiger partial charge in [-0.3, -0.25) is 14.6 Å². The SMILES string of the molecule is Cc1cc(COc2ccc(N3CCC(C(N)=O)C(C(N)=O)C3)cc2)c2ccccc2n1. The highest BCUT2D eigenvalue weighted by Crippen LogP contribution is 2.29. The van der Waals surface area contributed by atoms with Crippen LogP contribution in [0.5, 0.6) is 5.75 Å². The lowest BCUT2D eigenvalue weighted by atomic mass is 9.84. The van der Waals surface area contributed by atoms with Crippen molar-refractivity contribution in [3.8, 4) is 5.75 Å². The van der Waals surface area contributed by atoms with Crippen molar-refractivity contribution in [3.63, 3.8) is 0 Å². The summed E-state index contributed by atoms with van der Waals surface area (Å²) in [6, 6.07) is 17.8. The van der Waals surface area contributed by atoms with Crippen LogP contribution in [0.15, 0.2) is 54.6 Å². The number of primary amides is 2. The summed E-state index contributed by atoms with van der Waals surface area (Å²) < 4.78 is 6.02. The molecule has 1 aromatic heterocycles. The van der Waals surface area contributed by atoms with E-state index in [-0.39, 0.29) is 0 Å². The molecule has 0 spiro atoms. The molecule has 0 radical (unpaired) electrons. The number of carbonyl (C=O) groups excluding carboxylic acids is 2. The van der Waals surface area contributed by atoms with Crippen LogP contribution in [0.4, 0.5) is 5.69 Å². The Hall–Kier alpha value is -3.61.